The van der Waals surface area contributed by atoms with Crippen molar-refractivity contribution in [2.75, 3.05) is 5.43 Å². The van der Waals surface area contributed by atoms with Gasteiger partial charge in [0.1, 0.15) is 11.6 Å². The van der Waals surface area contributed by atoms with Gasteiger partial charge in [-0.3, -0.25) is 0 Å². The third-order valence-electron chi connectivity index (χ3n) is 4.80. The topological polar surface area (TPSA) is 63.8 Å². The van der Waals surface area contributed by atoms with Crippen molar-refractivity contribution in [1.82, 2.24) is 9.97 Å². The van der Waals surface area contributed by atoms with E-state index in [1.165, 1.54) is 36.9 Å². The van der Waals surface area contributed by atoms with E-state index in [9.17, 15) is 0 Å². The Labute approximate surface area is 111 Å². The maximum atomic E-state index is 5.62. The number of rotatable bonds is 2. The van der Waals surface area contributed by atoms with Gasteiger partial charge in [-0.05, 0) is 31.1 Å². The first-order chi connectivity index (χ1) is 8.85. The summed E-state index contributed by atoms with van der Waals surface area (Å²) in [6.07, 6.45) is 5.48. The average molecular weight is 262 g/mol. The van der Waals surface area contributed by atoms with Crippen LogP contribution in [-0.4, -0.2) is 9.97 Å². The third-order valence-corrected chi connectivity index (χ3v) is 5.77. The summed E-state index contributed by atoms with van der Waals surface area (Å²) in [6, 6.07) is 0. The molecule has 2 heterocycles. The van der Waals surface area contributed by atoms with E-state index in [-0.39, 0.29) is 0 Å². The van der Waals surface area contributed by atoms with E-state index in [1.54, 1.807) is 0 Å². The quantitative estimate of drug-likeness (QED) is 0.633. The first kappa shape index (κ1) is 11.1. The zero-order valence-corrected chi connectivity index (χ0v) is 11.2. The summed E-state index contributed by atoms with van der Waals surface area (Å²) in [5, 5.41) is 0. The molecule has 0 saturated heterocycles. The highest BCUT2D eigenvalue weighted by Gasteiger charge is 2.42. The summed E-state index contributed by atoms with van der Waals surface area (Å²) in [7, 11) is 0. The van der Waals surface area contributed by atoms with Gasteiger partial charge in [-0.15, -0.1) is 0 Å². The first-order valence-electron chi connectivity index (χ1n) is 6.79. The summed E-state index contributed by atoms with van der Waals surface area (Å²) in [5.74, 6) is 11.9. The maximum Gasteiger partial charge on any atom is 0.148 e. The lowest BCUT2D eigenvalue weighted by Gasteiger charge is -2.21. The van der Waals surface area contributed by atoms with E-state index >= 15 is 0 Å². The molecule has 0 radical (unpaired) electrons. The number of hydrogen-bond donors (Lipinski definition) is 2. The molecule has 4 nitrogen and oxygen atoms in total. The minimum atomic E-state index is 0.590. The van der Waals surface area contributed by atoms with Gasteiger partial charge in [-0.2, -0.15) is 11.8 Å². The molecule has 1 aromatic heterocycles. The second-order valence-electron chi connectivity index (χ2n) is 5.77. The third kappa shape index (κ3) is 1.57. The van der Waals surface area contributed by atoms with Crippen molar-refractivity contribution in [2.24, 2.45) is 17.7 Å². The Morgan fingerprint density at radius 3 is 2.83 bits per heavy atom. The lowest BCUT2D eigenvalue weighted by Crippen LogP contribution is -2.17. The molecule has 1 aliphatic heterocycles. The van der Waals surface area contributed by atoms with E-state index in [0.29, 0.717) is 5.92 Å². The number of hydrazine groups is 1. The van der Waals surface area contributed by atoms with Gasteiger partial charge < -0.3 is 5.43 Å². The van der Waals surface area contributed by atoms with Gasteiger partial charge in [-0.25, -0.2) is 15.8 Å². The molecule has 18 heavy (non-hydrogen) atoms. The molecule has 3 atom stereocenters. The Morgan fingerprint density at radius 2 is 2.11 bits per heavy atom. The van der Waals surface area contributed by atoms with E-state index < -0.39 is 0 Å². The Balaban J connectivity index is 1.73. The zero-order valence-electron chi connectivity index (χ0n) is 10.4. The van der Waals surface area contributed by atoms with Crippen LogP contribution in [0.4, 0.5) is 5.82 Å². The van der Waals surface area contributed by atoms with Crippen LogP contribution >= 0.6 is 11.8 Å². The van der Waals surface area contributed by atoms with E-state index in [4.69, 9.17) is 15.8 Å². The number of nitrogen functional groups attached to an aromatic ring is 1. The highest BCUT2D eigenvalue weighted by molar-refractivity contribution is 7.98. The smallest absolute Gasteiger partial charge is 0.148 e. The van der Waals surface area contributed by atoms with Crippen LogP contribution in [0.25, 0.3) is 0 Å². The molecular formula is C13H18N4S. The molecule has 2 bridgehead atoms. The van der Waals surface area contributed by atoms with Crippen LogP contribution < -0.4 is 11.3 Å². The molecule has 2 fully saturated rings. The fourth-order valence-electron chi connectivity index (χ4n) is 3.92. The van der Waals surface area contributed by atoms with E-state index in [2.05, 4.69) is 5.43 Å². The van der Waals surface area contributed by atoms with Gasteiger partial charge in [0.15, 0.2) is 0 Å². The second kappa shape index (κ2) is 4.10. The number of nitrogens with one attached hydrogen (secondary N) is 1. The molecule has 0 aromatic carbocycles. The number of thioether (sulfide) groups is 1. The highest BCUT2D eigenvalue weighted by Crippen LogP contribution is 2.52. The minimum absolute atomic E-state index is 0.590. The molecule has 1 aromatic rings. The predicted octanol–water partition coefficient (Wildman–Crippen LogP) is 2.41. The van der Waals surface area contributed by atoms with E-state index in [1.807, 2.05) is 11.8 Å². The summed E-state index contributed by atoms with van der Waals surface area (Å²) < 4.78 is 0. The molecule has 3 aliphatic rings. The fraction of sp³-hybridized carbons (Fsp3) is 0.692. The molecule has 2 saturated carbocycles. The van der Waals surface area contributed by atoms with Gasteiger partial charge in [0.05, 0.1) is 5.69 Å². The Kier molecular flexibility index (Phi) is 2.52. The van der Waals surface area contributed by atoms with Crippen LogP contribution in [0.1, 0.15) is 48.7 Å². The van der Waals surface area contributed by atoms with Crippen molar-refractivity contribution < 1.29 is 0 Å². The van der Waals surface area contributed by atoms with Crippen molar-refractivity contribution in [1.29, 1.82) is 0 Å². The fourth-order valence-corrected chi connectivity index (χ4v) is 4.96. The predicted molar refractivity (Wildman–Crippen MR) is 73.0 cm³/mol. The Morgan fingerprint density at radius 1 is 1.17 bits per heavy atom. The molecule has 3 unspecified atom stereocenters. The van der Waals surface area contributed by atoms with Gasteiger partial charge >= 0.3 is 0 Å². The summed E-state index contributed by atoms with van der Waals surface area (Å²) in [6.45, 7) is 0. The van der Waals surface area contributed by atoms with Crippen molar-refractivity contribution in [2.45, 2.75) is 43.1 Å². The van der Waals surface area contributed by atoms with Crippen LogP contribution in [-0.2, 0) is 11.5 Å². The Hall–Kier alpha value is -0.810. The summed E-state index contributed by atoms with van der Waals surface area (Å²) >= 11 is 1.90. The zero-order chi connectivity index (χ0) is 12.1. The summed E-state index contributed by atoms with van der Waals surface area (Å²) in [4.78, 5) is 9.54. The number of fused-ring (bicyclic) bond motifs is 3. The SMILES string of the molecule is NNc1nc(C2CC3CCC2C3)nc2c1CSC2. The second-order valence-corrected chi connectivity index (χ2v) is 6.76. The largest absolute Gasteiger partial charge is 0.308 e. The number of nitrogens with two attached hydrogens (primary N) is 1. The van der Waals surface area contributed by atoms with Gasteiger partial charge in [0.2, 0.25) is 0 Å². The molecule has 3 N–H and O–H groups in total. The first-order valence-corrected chi connectivity index (χ1v) is 7.94. The van der Waals surface area contributed by atoms with Gasteiger partial charge in [-0.1, -0.05) is 6.42 Å². The van der Waals surface area contributed by atoms with Crippen LogP contribution in [0.3, 0.4) is 0 Å². The average Bonchev–Trinajstić information content (AvgIpc) is 3.12. The van der Waals surface area contributed by atoms with Gasteiger partial charge in [0.25, 0.3) is 0 Å². The van der Waals surface area contributed by atoms with Crippen molar-refractivity contribution in [3.8, 4) is 0 Å². The van der Waals surface area contributed by atoms with Crippen molar-refractivity contribution in [3.63, 3.8) is 0 Å². The lowest BCUT2D eigenvalue weighted by atomic mass is 9.88. The van der Waals surface area contributed by atoms with Crippen LogP contribution in [0.2, 0.25) is 0 Å². The number of hydrogen-bond acceptors (Lipinski definition) is 5. The maximum absolute atomic E-state index is 5.62. The number of aromatic nitrogens is 2. The molecule has 5 heteroatoms. The summed E-state index contributed by atoms with van der Waals surface area (Å²) in [5.41, 5.74) is 5.20. The molecule has 4 rings (SSSR count). The van der Waals surface area contributed by atoms with Crippen molar-refractivity contribution in [3.05, 3.63) is 17.1 Å². The monoisotopic (exact) mass is 262 g/mol. The Bertz CT molecular complexity index is 490. The standard InChI is InChI=1S/C13H18N4S/c14-17-13-10-5-18-6-11(10)15-12(16-13)9-4-7-1-2-8(9)3-7/h7-9H,1-6,14H2,(H,15,16,17). The van der Waals surface area contributed by atoms with Crippen LogP contribution in [0.5, 0.6) is 0 Å². The van der Waals surface area contributed by atoms with Gasteiger partial charge in [0, 0.05) is 23.0 Å². The minimum Gasteiger partial charge on any atom is -0.308 e. The molecule has 96 valence electrons. The highest BCUT2D eigenvalue weighted by atomic mass is 32.2. The van der Waals surface area contributed by atoms with E-state index in [0.717, 1.165) is 35.0 Å². The normalized spacial score (nSPS) is 32.8. The molecular weight excluding hydrogens is 244 g/mol. The molecule has 0 amide bonds. The number of anilines is 1. The van der Waals surface area contributed by atoms with Crippen LogP contribution in [0, 0.1) is 11.8 Å². The lowest BCUT2D eigenvalue weighted by molar-refractivity contribution is 0.405. The van der Waals surface area contributed by atoms with Crippen LogP contribution in [0.15, 0.2) is 0 Å². The number of nitrogens with zero attached hydrogens (tertiary/aromatic N) is 2. The van der Waals surface area contributed by atoms with Crippen molar-refractivity contribution >= 4 is 17.6 Å². The molecule has 0 spiro atoms. The molecule has 2 aliphatic carbocycles.